The molecule has 6 nitrogen and oxygen atoms in total. The van der Waals surface area contributed by atoms with Crippen LogP contribution in [0.2, 0.25) is 0 Å². The monoisotopic (exact) mass is 402 g/mol. The van der Waals surface area contributed by atoms with Crippen molar-refractivity contribution in [3.63, 3.8) is 0 Å². The molecule has 2 N–H and O–H groups in total. The number of nitrogens with zero attached hydrogens (tertiary/aromatic N) is 2. The van der Waals surface area contributed by atoms with Crippen molar-refractivity contribution in [2.75, 3.05) is 20.7 Å². The molecule has 1 aromatic heterocycles. The molecule has 2 aromatic rings. The standard InChI is InChI=1S/C17H21F3N4O2S/c1-11(26-13-6-4-12(25-3)5-7-13)8-22-16(21-2)23-9-15-24-14(10-27-15)17(18,19)20/h4-7,10-11H,8-9H2,1-3H3,(H2,21,22,23). The number of halogens is 3. The van der Waals surface area contributed by atoms with Gasteiger partial charge in [-0.2, -0.15) is 13.2 Å². The van der Waals surface area contributed by atoms with Crippen LogP contribution in [0.3, 0.4) is 0 Å². The summed E-state index contributed by atoms with van der Waals surface area (Å²) in [6.07, 6.45) is -4.59. The maximum Gasteiger partial charge on any atom is 0.434 e. The molecule has 1 unspecified atom stereocenters. The highest BCUT2D eigenvalue weighted by Gasteiger charge is 2.33. The third-order valence-electron chi connectivity index (χ3n) is 3.43. The molecule has 0 fully saturated rings. The van der Waals surface area contributed by atoms with Crippen molar-refractivity contribution in [2.24, 2.45) is 4.99 Å². The van der Waals surface area contributed by atoms with Crippen molar-refractivity contribution in [2.45, 2.75) is 25.7 Å². The van der Waals surface area contributed by atoms with E-state index < -0.39 is 11.9 Å². The molecule has 0 saturated heterocycles. The molecule has 148 valence electrons. The van der Waals surface area contributed by atoms with Crippen LogP contribution in [0.5, 0.6) is 11.5 Å². The lowest BCUT2D eigenvalue weighted by Gasteiger charge is -2.17. The molecule has 0 saturated carbocycles. The predicted octanol–water partition coefficient (Wildman–Crippen LogP) is 3.30. The highest BCUT2D eigenvalue weighted by molar-refractivity contribution is 7.09. The second-order valence-electron chi connectivity index (χ2n) is 5.53. The Labute approximate surface area is 159 Å². The summed E-state index contributed by atoms with van der Waals surface area (Å²) in [5.41, 5.74) is -0.881. The lowest BCUT2D eigenvalue weighted by Crippen LogP contribution is -2.41. The van der Waals surface area contributed by atoms with Crippen LogP contribution >= 0.6 is 11.3 Å². The van der Waals surface area contributed by atoms with Crippen molar-refractivity contribution in [1.29, 1.82) is 0 Å². The van der Waals surface area contributed by atoms with Crippen molar-refractivity contribution in [3.8, 4) is 11.5 Å². The van der Waals surface area contributed by atoms with E-state index in [0.717, 1.165) is 22.5 Å². The number of nitrogens with one attached hydrogen (secondary N) is 2. The zero-order valence-electron chi connectivity index (χ0n) is 15.1. The number of guanidine groups is 1. The summed E-state index contributed by atoms with van der Waals surface area (Å²) in [6, 6.07) is 7.23. The molecule has 0 aliphatic heterocycles. The van der Waals surface area contributed by atoms with Crippen LogP contribution in [0.25, 0.3) is 0 Å². The smallest absolute Gasteiger partial charge is 0.434 e. The number of aromatic nitrogens is 1. The number of thiazole rings is 1. The average Bonchev–Trinajstić information content (AvgIpc) is 3.12. The first-order valence-corrected chi connectivity index (χ1v) is 8.96. The summed E-state index contributed by atoms with van der Waals surface area (Å²) in [6.45, 7) is 2.49. The molecule has 0 radical (unpaired) electrons. The van der Waals surface area contributed by atoms with E-state index >= 15 is 0 Å². The van der Waals surface area contributed by atoms with E-state index in [1.165, 1.54) is 0 Å². The third-order valence-corrected chi connectivity index (χ3v) is 4.28. The normalized spacial score (nSPS) is 13.2. The van der Waals surface area contributed by atoms with Gasteiger partial charge < -0.3 is 20.1 Å². The molecule has 10 heteroatoms. The van der Waals surface area contributed by atoms with E-state index in [0.29, 0.717) is 23.3 Å². The fourth-order valence-electron chi connectivity index (χ4n) is 2.07. The number of rotatable bonds is 7. The fraction of sp³-hybridized carbons (Fsp3) is 0.412. The van der Waals surface area contributed by atoms with Gasteiger partial charge >= 0.3 is 6.18 Å². The molecule has 27 heavy (non-hydrogen) atoms. The number of benzene rings is 1. The Bertz CT molecular complexity index is 747. The maximum atomic E-state index is 12.6. The zero-order chi connectivity index (χ0) is 19.9. The van der Waals surface area contributed by atoms with Crippen molar-refractivity contribution in [3.05, 3.63) is 40.3 Å². The molecule has 2 rings (SSSR count). The zero-order valence-corrected chi connectivity index (χ0v) is 15.9. The molecule has 1 heterocycles. The Morgan fingerprint density at radius 2 is 1.89 bits per heavy atom. The van der Waals surface area contributed by atoms with E-state index in [9.17, 15) is 13.2 Å². The third kappa shape index (κ3) is 6.63. The summed E-state index contributed by atoms with van der Waals surface area (Å²) < 4.78 is 48.6. The van der Waals surface area contributed by atoms with Crippen LogP contribution in [-0.2, 0) is 12.7 Å². The lowest BCUT2D eigenvalue weighted by atomic mass is 10.3. The SMILES string of the molecule is CN=C(NCc1nc(C(F)(F)F)cs1)NCC(C)Oc1ccc(OC)cc1. The largest absolute Gasteiger partial charge is 0.497 e. The lowest BCUT2D eigenvalue weighted by molar-refractivity contribution is -0.140. The van der Waals surface area contributed by atoms with Gasteiger partial charge in [-0.25, -0.2) is 4.98 Å². The first kappa shape index (κ1) is 20.8. The molecule has 0 amide bonds. The summed E-state index contributed by atoms with van der Waals surface area (Å²) in [5, 5.41) is 7.32. The molecule has 0 spiro atoms. The number of hydrogen-bond donors (Lipinski definition) is 2. The maximum absolute atomic E-state index is 12.6. The number of hydrogen-bond acceptors (Lipinski definition) is 5. The second-order valence-corrected chi connectivity index (χ2v) is 6.48. The van der Waals surface area contributed by atoms with E-state index in [2.05, 4.69) is 20.6 Å². The molecule has 0 aliphatic rings. The van der Waals surface area contributed by atoms with E-state index in [-0.39, 0.29) is 12.6 Å². The Kier molecular flexibility index (Phi) is 7.28. The quantitative estimate of drug-likeness (QED) is 0.550. The minimum atomic E-state index is -4.43. The van der Waals surface area contributed by atoms with Gasteiger partial charge in [-0.1, -0.05) is 0 Å². The van der Waals surface area contributed by atoms with Crippen molar-refractivity contribution < 1.29 is 22.6 Å². The van der Waals surface area contributed by atoms with Gasteiger partial charge in [-0.3, -0.25) is 4.99 Å². The molecule has 1 atom stereocenters. The summed E-state index contributed by atoms with van der Waals surface area (Å²) in [4.78, 5) is 7.60. The number of ether oxygens (including phenoxy) is 2. The topological polar surface area (TPSA) is 67.8 Å². The van der Waals surface area contributed by atoms with Gasteiger partial charge in [0.2, 0.25) is 0 Å². The van der Waals surface area contributed by atoms with Gasteiger partial charge in [0.25, 0.3) is 0 Å². The number of methoxy groups -OCH3 is 1. The number of aliphatic imine (C=N–C) groups is 1. The fourth-order valence-corrected chi connectivity index (χ4v) is 2.81. The van der Waals surface area contributed by atoms with Gasteiger partial charge in [-0.05, 0) is 31.2 Å². The molecule has 1 aromatic carbocycles. The van der Waals surface area contributed by atoms with Crippen LogP contribution in [0.1, 0.15) is 17.6 Å². The molecular weight excluding hydrogens is 381 g/mol. The summed E-state index contributed by atoms with van der Waals surface area (Å²) >= 11 is 0.947. The van der Waals surface area contributed by atoms with Crippen LogP contribution < -0.4 is 20.1 Å². The van der Waals surface area contributed by atoms with Crippen LogP contribution in [0.15, 0.2) is 34.6 Å². The first-order chi connectivity index (χ1) is 12.8. The van der Waals surface area contributed by atoms with Gasteiger partial charge in [0, 0.05) is 12.4 Å². The van der Waals surface area contributed by atoms with Crippen molar-refractivity contribution >= 4 is 17.3 Å². The highest BCUT2D eigenvalue weighted by atomic mass is 32.1. The average molecular weight is 402 g/mol. The molecule has 0 bridgehead atoms. The van der Waals surface area contributed by atoms with Gasteiger partial charge in [0.1, 0.15) is 22.6 Å². The van der Waals surface area contributed by atoms with Crippen LogP contribution in [-0.4, -0.2) is 37.7 Å². The van der Waals surface area contributed by atoms with E-state index in [1.54, 1.807) is 26.3 Å². The summed E-state index contributed by atoms with van der Waals surface area (Å²) in [7, 11) is 3.17. The van der Waals surface area contributed by atoms with Crippen LogP contribution in [0, 0.1) is 0 Å². The summed E-state index contributed by atoms with van der Waals surface area (Å²) in [5.74, 6) is 1.90. The van der Waals surface area contributed by atoms with E-state index in [1.807, 2.05) is 19.1 Å². The predicted molar refractivity (Wildman–Crippen MR) is 98.4 cm³/mol. The molecule has 0 aliphatic carbocycles. The highest BCUT2D eigenvalue weighted by Crippen LogP contribution is 2.29. The second kappa shape index (κ2) is 9.45. The first-order valence-electron chi connectivity index (χ1n) is 8.08. The van der Waals surface area contributed by atoms with Gasteiger partial charge in [0.05, 0.1) is 20.2 Å². The van der Waals surface area contributed by atoms with Crippen molar-refractivity contribution in [1.82, 2.24) is 15.6 Å². The molecular formula is C17H21F3N4O2S. The van der Waals surface area contributed by atoms with E-state index in [4.69, 9.17) is 9.47 Å². The van der Waals surface area contributed by atoms with Gasteiger partial charge in [-0.15, -0.1) is 11.3 Å². The Balaban J connectivity index is 1.78. The van der Waals surface area contributed by atoms with Crippen LogP contribution in [0.4, 0.5) is 13.2 Å². The Morgan fingerprint density at radius 1 is 1.22 bits per heavy atom. The minimum absolute atomic E-state index is 0.147. The van der Waals surface area contributed by atoms with Gasteiger partial charge in [0.15, 0.2) is 11.7 Å². The Morgan fingerprint density at radius 3 is 2.44 bits per heavy atom. The number of alkyl halides is 3. The Hall–Kier alpha value is -2.49. The minimum Gasteiger partial charge on any atom is -0.497 e.